The second-order valence-corrected chi connectivity index (χ2v) is 6.00. The number of hydrogen-bond acceptors (Lipinski definition) is 4. The fourth-order valence-electron chi connectivity index (χ4n) is 1.79. The third kappa shape index (κ3) is 4.06. The van der Waals surface area contributed by atoms with Gasteiger partial charge >= 0.3 is 19.5 Å². The molecule has 0 heterocycles. The van der Waals surface area contributed by atoms with Crippen LogP contribution in [0.5, 0.6) is 0 Å². The van der Waals surface area contributed by atoms with Crippen LogP contribution < -0.4 is 5.73 Å². The van der Waals surface area contributed by atoms with Crippen molar-refractivity contribution in [2.75, 3.05) is 5.73 Å². The summed E-state index contributed by atoms with van der Waals surface area (Å²) in [6.07, 6.45) is -0.322. The van der Waals surface area contributed by atoms with Gasteiger partial charge in [-0.3, -0.25) is 14.2 Å². The fraction of sp³-hybridized carbons (Fsp3) is 0.273. The Hall–Kier alpha value is -1.89. The first-order chi connectivity index (χ1) is 9.12. The molecule has 0 amide bonds. The molecule has 8 nitrogen and oxygen atoms in total. The van der Waals surface area contributed by atoms with E-state index < -0.39 is 31.1 Å². The maximum Gasteiger partial charge on any atom is 0.340 e. The molecule has 0 saturated carbocycles. The third-order valence-corrected chi connectivity index (χ3v) is 4.05. The summed E-state index contributed by atoms with van der Waals surface area (Å²) in [5, 5.41) is 17.9. The summed E-state index contributed by atoms with van der Waals surface area (Å²) in [6.45, 7) is 0. The number of nitrogen functional groups attached to an aromatic ring is 1. The normalized spacial score (nSPS) is 14.5. The minimum absolute atomic E-state index is 0.322. The van der Waals surface area contributed by atoms with Crippen molar-refractivity contribution in [1.29, 1.82) is 0 Å². The average Bonchev–Trinajstić information content (AvgIpc) is 2.28. The topological polar surface area (TPSA) is 158 Å². The van der Waals surface area contributed by atoms with Gasteiger partial charge in [0, 0.05) is 5.69 Å². The standard InChI is InChI=1S/C11H14NO7P/c12-7-3-1-6(2-4-7)5-8(10(13)14)9(11(15)16)20(17,18)19/h1-4,8-9H,5,12H2,(H,13,14)(H,15,16)(H2,17,18,19). The van der Waals surface area contributed by atoms with Crippen molar-refractivity contribution in [2.24, 2.45) is 5.92 Å². The SMILES string of the molecule is Nc1ccc(CC(C(=O)O)C(C(=O)O)P(=O)(O)O)cc1. The summed E-state index contributed by atoms with van der Waals surface area (Å²) in [6, 6.07) is 5.93. The molecule has 0 aliphatic rings. The van der Waals surface area contributed by atoms with E-state index in [1.807, 2.05) is 0 Å². The molecule has 2 unspecified atom stereocenters. The first kappa shape index (κ1) is 16.2. The predicted molar refractivity (Wildman–Crippen MR) is 69.2 cm³/mol. The highest BCUT2D eigenvalue weighted by Crippen LogP contribution is 2.46. The summed E-state index contributed by atoms with van der Waals surface area (Å²) >= 11 is 0. The van der Waals surface area contributed by atoms with Crippen LogP contribution in [0.1, 0.15) is 5.56 Å². The highest BCUT2D eigenvalue weighted by atomic mass is 31.2. The minimum atomic E-state index is -5.09. The molecule has 0 aromatic heterocycles. The number of carboxylic acid groups (broad SMARTS) is 2. The van der Waals surface area contributed by atoms with Crippen molar-refractivity contribution in [3.8, 4) is 0 Å². The van der Waals surface area contributed by atoms with Gasteiger partial charge in [-0.1, -0.05) is 12.1 Å². The van der Waals surface area contributed by atoms with Gasteiger partial charge in [0.15, 0.2) is 5.66 Å². The van der Waals surface area contributed by atoms with Crippen molar-refractivity contribution in [3.63, 3.8) is 0 Å². The van der Waals surface area contributed by atoms with E-state index in [0.717, 1.165) is 0 Å². The monoisotopic (exact) mass is 303 g/mol. The van der Waals surface area contributed by atoms with E-state index in [-0.39, 0.29) is 6.42 Å². The van der Waals surface area contributed by atoms with Crippen molar-refractivity contribution >= 4 is 25.2 Å². The van der Waals surface area contributed by atoms with E-state index >= 15 is 0 Å². The number of nitrogens with two attached hydrogens (primary N) is 1. The number of benzene rings is 1. The molecule has 0 bridgehead atoms. The smallest absolute Gasteiger partial charge is 0.340 e. The number of carbonyl (C=O) groups is 2. The van der Waals surface area contributed by atoms with Crippen LogP contribution in [0.25, 0.3) is 0 Å². The van der Waals surface area contributed by atoms with Crippen molar-refractivity contribution in [1.82, 2.24) is 0 Å². The molecule has 0 radical (unpaired) electrons. The number of anilines is 1. The summed E-state index contributed by atoms with van der Waals surface area (Å²) in [4.78, 5) is 40.2. The number of carboxylic acids is 2. The molecule has 6 N–H and O–H groups in total. The largest absolute Gasteiger partial charge is 0.481 e. The van der Waals surface area contributed by atoms with Gasteiger partial charge in [0.1, 0.15) is 0 Å². The number of hydrogen-bond donors (Lipinski definition) is 5. The van der Waals surface area contributed by atoms with Crippen molar-refractivity contribution < 1.29 is 34.2 Å². The highest BCUT2D eigenvalue weighted by molar-refractivity contribution is 7.53. The van der Waals surface area contributed by atoms with Crippen LogP contribution in [0.3, 0.4) is 0 Å². The van der Waals surface area contributed by atoms with Crippen LogP contribution in [0.15, 0.2) is 24.3 Å². The molecule has 1 aromatic carbocycles. The van der Waals surface area contributed by atoms with Gasteiger partial charge in [-0.25, -0.2) is 0 Å². The molecular weight excluding hydrogens is 289 g/mol. The lowest BCUT2D eigenvalue weighted by atomic mass is 9.95. The van der Waals surface area contributed by atoms with Crippen LogP contribution in [0.2, 0.25) is 0 Å². The second-order valence-electron chi connectivity index (χ2n) is 4.26. The fourth-order valence-corrected chi connectivity index (χ4v) is 2.78. The van der Waals surface area contributed by atoms with Gasteiger partial charge < -0.3 is 25.7 Å². The molecule has 9 heteroatoms. The molecule has 0 fully saturated rings. The van der Waals surface area contributed by atoms with Gasteiger partial charge in [0.25, 0.3) is 0 Å². The molecule has 0 aliphatic heterocycles. The zero-order valence-corrected chi connectivity index (χ0v) is 11.1. The molecule has 2 atom stereocenters. The second kappa shape index (κ2) is 6.04. The Balaban J connectivity index is 3.10. The minimum Gasteiger partial charge on any atom is -0.481 e. The van der Waals surface area contributed by atoms with Gasteiger partial charge in [-0.15, -0.1) is 0 Å². The predicted octanol–water partition coefficient (Wildman–Crippen LogP) is 0.143. The molecule has 0 spiro atoms. The maximum atomic E-state index is 11.2. The molecule has 20 heavy (non-hydrogen) atoms. The quantitative estimate of drug-likeness (QED) is 0.366. The molecule has 0 aliphatic carbocycles. The summed E-state index contributed by atoms with van der Waals surface area (Å²) < 4.78 is 11.2. The van der Waals surface area contributed by atoms with Crippen LogP contribution in [-0.4, -0.2) is 37.6 Å². The van der Waals surface area contributed by atoms with Gasteiger partial charge in [-0.2, -0.15) is 0 Å². The van der Waals surface area contributed by atoms with Crippen LogP contribution in [0.4, 0.5) is 5.69 Å². The highest BCUT2D eigenvalue weighted by Gasteiger charge is 2.45. The Morgan fingerprint density at radius 2 is 1.60 bits per heavy atom. The molecule has 0 saturated heterocycles. The van der Waals surface area contributed by atoms with E-state index in [4.69, 9.17) is 25.7 Å². The molecule has 110 valence electrons. The lowest BCUT2D eigenvalue weighted by molar-refractivity contribution is -0.148. The number of rotatable bonds is 6. The van der Waals surface area contributed by atoms with E-state index in [1.165, 1.54) is 24.3 Å². The van der Waals surface area contributed by atoms with Gasteiger partial charge in [-0.05, 0) is 24.1 Å². The van der Waals surface area contributed by atoms with Gasteiger partial charge in [0.2, 0.25) is 0 Å². The summed E-state index contributed by atoms with van der Waals surface area (Å²) in [5.41, 5.74) is 4.02. The molecule has 1 rings (SSSR count). The lowest BCUT2D eigenvalue weighted by Gasteiger charge is -2.21. The Bertz CT molecular complexity index is 550. The Morgan fingerprint density at radius 1 is 1.10 bits per heavy atom. The third-order valence-electron chi connectivity index (χ3n) is 2.75. The van der Waals surface area contributed by atoms with E-state index in [0.29, 0.717) is 11.3 Å². The molecule has 1 aromatic rings. The zero-order valence-electron chi connectivity index (χ0n) is 10.2. The Labute approximate surface area is 114 Å². The van der Waals surface area contributed by atoms with E-state index in [2.05, 4.69) is 0 Å². The average molecular weight is 303 g/mol. The Kier molecular flexibility index (Phi) is 4.88. The first-order valence-corrected chi connectivity index (χ1v) is 7.16. The van der Waals surface area contributed by atoms with Crippen molar-refractivity contribution in [2.45, 2.75) is 12.1 Å². The first-order valence-electron chi connectivity index (χ1n) is 5.48. The lowest BCUT2D eigenvalue weighted by Crippen LogP contribution is -2.36. The van der Waals surface area contributed by atoms with Gasteiger partial charge in [0.05, 0.1) is 5.92 Å². The molecular formula is C11H14NO7P. The van der Waals surface area contributed by atoms with Crippen LogP contribution in [0, 0.1) is 5.92 Å². The maximum absolute atomic E-state index is 11.2. The number of aliphatic carboxylic acids is 2. The van der Waals surface area contributed by atoms with E-state index in [1.54, 1.807) is 0 Å². The summed E-state index contributed by atoms with van der Waals surface area (Å²) in [5.74, 6) is -5.17. The zero-order chi connectivity index (χ0) is 15.5. The van der Waals surface area contributed by atoms with Crippen LogP contribution >= 0.6 is 7.60 Å². The summed E-state index contributed by atoms with van der Waals surface area (Å²) in [7, 11) is -5.09. The van der Waals surface area contributed by atoms with Crippen LogP contribution in [-0.2, 0) is 20.6 Å². The van der Waals surface area contributed by atoms with E-state index in [9.17, 15) is 14.2 Å². The van der Waals surface area contributed by atoms with Crippen molar-refractivity contribution in [3.05, 3.63) is 29.8 Å². The Morgan fingerprint density at radius 3 is 1.95 bits per heavy atom.